The molecule has 0 saturated heterocycles. The summed E-state index contributed by atoms with van der Waals surface area (Å²) in [6.07, 6.45) is 0. The van der Waals surface area contributed by atoms with Crippen molar-refractivity contribution in [3.63, 3.8) is 0 Å². The lowest BCUT2D eigenvalue weighted by molar-refractivity contribution is 0.669. The van der Waals surface area contributed by atoms with E-state index < -0.39 is 0 Å². The van der Waals surface area contributed by atoms with Crippen LogP contribution in [0.3, 0.4) is 0 Å². The Balaban J connectivity index is 1.04. The van der Waals surface area contributed by atoms with Crippen LogP contribution in [-0.2, 0) is 0 Å². The molecule has 0 N–H and O–H groups in total. The van der Waals surface area contributed by atoms with Crippen molar-refractivity contribution in [3.05, 3.63) is 200 Å². The second kappa shape index (κ2) is 13.1. The van der Waals surface area contributed by atoms with Gasteiger partial charge < -0.3 is 13.7 Å². The standard InChI is InChI=1S/C54H33NO2S/c1-2-12-34(13-3-1)39-32-33-47(53-51(39)46-16-5-8-22-49(46)57-53)55(37-28-24-35(25-29-37)40-17-10-19-44-42-14-4-7-21-48(42)56-52(40)44)38-30-26-36(27-31-38)41-18-11-20-45-43-15-6-9-23-50(43)58-54(41)45/h1-33H. The summed E-state index contributed by atoms with van der Waals surface area (Å²) in [6, 6.07) is 71.2. The Kier molecular flexibility index (Phi) is 7.40. The van der Waals surface area contributed by atoms with Gasteiger partial charge in [0.25, 0.3) is 0 Å². The second-order valence-corrected chi connectivity index (χ2v) is 15.8. The maximum Gasteiger partial charge on any atom is 0.160 e. The molecule has 0 unspecified atom stereocenters. The molecule has 0 aliphatic rings. The minimum atomic E-state index is 0.845. The van der Waals surface area contributed by atoms with Gasteiger partial charge in [0.05, 0.1) is 5.69 Å². The van der Waals surface area contributed by atoms with Crippen LogP contribution in [0.4, 0.5) is 17.1 Å². The van der Waals surface area contributed by atoms with Crippen molar-refractivity contribution in [1.29, 1.82) is 0 Å². The Morgan fingerprint density at radius 2 is 0.897 bits per heavy atom. The van der Waals surface area contributed by atoms with Crippen LogP contribution in [0.25, 0.3) is 97.4 Å². The topological polar surface area (TPSA) is 29.5 Å². The molecule has 9 aromatic carbocycles. The third-order valence-electron chi connectivity index (χ3n) is 11.5. The SMILES string of the molecule is c1ccc(-c2ccc(N(c3ccc(-c4cccc5c4oc4ccccc45)cc3)c3ccc(-c4cccc5c4sc4ccccc45)cc3)c3oc4ccccc4c23)cc1. The first-order valence-corrected chi connectivity index (χ1v) is 20.4. The highest BCUT2D eigenvalue weighted by Gasteiger charge is 2.23. The maximum atomic E-state index is 6.86. The highest BCUT2D eigenvalue weighted by atomic mass is 32.1. The lowest BCUT2D eigenvalue weighted by atomic mass is 9.97. The van der Waals surface area contributed by atoms with E-state index in [1.165, 1.54) is 31.3 Å². The molecule has 3 nitrogen and oxygen atoms in total. The van der Waals surface area contributed by atoms with Crippen LogP contribution >= 0.6 is 11.3 Å². The van der Waals surface area contributed by atoms with Crippen LogP contribution in [0.2, 0.25) is 0 Å². The van der Waals surface area contributed by atoms with Crippen LogP contribution in [-0.4, -0.2) is 0 Å². The third-order valence-corrected chi connectivity index (χ3v) is 12.7. The first-order valence-electron chi connectivity index (χ1n) is 19.6. The summed E-state index contributed by atoms with van der Waals surface area (Å²) >= 11 is 1.86. The fourth-order valence-electron chi connectivity index (χ4n) is 8.81. The molecule has 12 rings (SSSR count). The number of furan rings is 2. The number of fused-ring (bicyclic) bond motifs is 9. The van der Waals surface area contributed by atoms with Gasteiger partial charge in [-0.2, -0.15) is 0 Å². The molecule has 0 fully saturated rings. The zero-order chi connectivity index (χ0) is 38.2. The summed E-state index contributed by atoms with van der Waals surface area (Å²) in [4.78, 5) is 2.33. The molecule has 0 saturated carbocycles. The predicted octanol–water partition coefficient (Wildman–Crippen LogP) is 16.3. The molecule has 4 heteroatoms. The van der Waals surface area contributed by atoms with E-state index in [1.807, 2.05) is 29.5 Å². The number of hydrogen-bond acceptors (Lipinski definition) is 4. The number of rotatable bonds is 6. The molecule has 0 spiro atoms. The van der Waals surface area contributed by atoms with E-state index in [0.717, 1.165) is 83.2 Å². The van der Waals surface area contributed by atoms with Crippen molar-refractivity contribution >= 4 is 92.4 Å². The molecule has 58 heavy (non-hydrogen) atoms. The first kappa shape index (κ1) is 32.8. The second-order valence-electron chi connectivity index (χ2n) is 14.8. The van der Waals surface area contributed by atoms with Gasteiger partial charge >= 0.3 is 0 Å². The number of anilines is 3. The number of benzene rings is 9. The number of nitrogens with zero attached hydrogens (tertiary/aromatic N) is 1. The molecule has 0 amide bonds. The fourth-order valence-corrected chi connectivity index (χ4v) is 10.0. The van der Waals surface area contributed by atoms with E-state index in [9.17, 15) is 0 Å². The summed E-state index contributed by atoms with van der Waals surface area (Å²) in [5.74, 6) is 0. The van der Waals surface area contributed by atoms with Gasteiger partial charge in [-0.15, -0.1) is 11.3 Å². The van der Waals surface area contributed by atoms with E-state index in [4.69, 9.17) is 8.83 Å². The van der Waals surface area contributed by atoms with Gasteiger partial charge in [-0.25, -0.2) is 0 Å². The lowest BCUT2D eigenvalue weighted by Crippen LogP contribution is -2.10. The molecule has 3 aromatic heterocycles. The number of hydrogen-bond donors (Lipinski definition) is 0. The van der Waals surface area contributed by atoms with Crippen molar-refractivity contribution in [2.24, 2.45) is 0 Å². The summed E-state index contributed by atoms with van der Waals surface area (Å²) < 4.78 is 15.9. The molecule has 0 atom stereocenters. The van der Waals surface area contributed by atoms with Gasteiger partial charge in [0.2, 0.25) is 0 Å². The maximum absolute atomic E-state index is 6.86. The summed E-state index contributed by atoms with van der Waals surface area (Å²) in [7, 11) is 0. The average Bonchev–Trinajstić information content (AvgIpc) is 3.99. The normalized spacial score (nSPS) is 11.8. The number of para-hydroxylation sites is 3. The van der Waals surface area contributed by atoms with E-state index in [-0.39, 0.29) is 0 Å². The molecular formula is C54H33NO2S. The minimum absolute atomic E-state index is 0.845. The van der Waals surface area contributed by atoms with Crippen molar-refractivity contribution in [2.75, 3.05) is 4.90 Å². The van der Waals surface area contributed by atoms with Gasteiger partial charge in [-0.3, -0.25) is 0 Å². The van der Waals surface area contributed by atoms with E-state index in [1.54, 1.807) is 0 Å². The highest BCUT2D eigenvalue weighted by Crippen LogP contribution is 2.47. The van der Waals surface area contributed by atoms with Gasteiger partial charge in [-0.1, -0.05) is 152 Å². The Labute approximate surface area is 338 Å². The molecule has 3 heterocycles. The van der Waals surface area contributed by atoms with Crippen molar-refractivity contribution in [3.8, 4) is 33.4 Å². The molecule has 0 aliphatic heterocycles. The van der Waals surface area contributed by atoms with Crippen molar-refractivity contribution in [2.45, 2.75) is 0 Å². The smallest absolute Gasteiger partial charge is 0.160 e. The van der Waals surface area contributed by atoms with Crippen LogP contribution in [0, 0.1) is 0 Å². The summed E-state index contributed by atoms with van der Waals surface area (Å²) in [6.45, 7) is 0. The van der Waals surface area contributed by atoms with Crippen molar-refractivity contribution < 1.29 is 8.83 Å². The largest absolute Gasteiger partial charge is 0.455 e. The van der Waals surface area contributed by atoms with Crippen LogP contribution in [0.15, 0.2) is 209 Å². The van der Waals surface area contributed by atoms with Gasteiger partial charge in [0, 0.05) is 58.7 Å². The predicted molar refractivity (Wildman–Crippen MR) is 245 cm³/mol. The van der Waals surface area contributed by atoms with E-state index in [2.05, 4.69) is 187 Å². The van der Waals surface area contributed by atoms with Crippen LogP contribution < -0.4 is 4.90 Å². The average molecular weight is 760 g/mol. The number of thiophene rings is 1. The van der Waals surface area contributed by atoms with E-state index >= 15 is 0 Å². The lowest BCUT2D eigenvalue weighted by Gasteiger charge is -2.26. The Bertz CT molecular complexity index is 3340. The van der Waals surface area contributed by atoms with Gasteiger partial charge in [-0.05, 0) is 76.3 Å². The molecule has 12 aromatic rings. The first-order chi connectivity index (χ1) is 28.8. The fraction of sp³-hybridized carbons (Fsp3) is 0. The van der Waals surface area contributed by atoms with Crippen LogP contribution in [0.5, 0.6) is 0 Å². The minimum Gasteiger partial charge on any atom is -0.455 e. The van der Waals surface area contributed by atoms with Gasteiger partial charge in [0.15, 0.2) is 5.58 Å². The zero-order valence-electron chi connectivity index (χ0n) is 31.2. The summed E-state index contributed by atoms with van der Waals surface area (Å²) in [5.41, 5.74) is 13.4. The Hall–Kier alpha value is -7.40. The quantitative estimate of drug-likeness (QED) is 0.169. The Morgan fingerprint density at radius 3 is 1.66 bits per heavy atom. The molecule has 0 bridgehead atoms. The monoisotopic (exact) mass is 759 g/mol. The highest BCUT2D eigenvalue weighted by molar-refractivity contribution is 7.26. The molecular weight excluding hydrogens is 727 g/mol. The molecule has 272 valence electrons. The summed E-state index contributed by atoms with van der Waals surface area (Å²) in [5, 5.41) is 7.05. The third kappa shape index (κ3) is 5.12. The Morgan fingerprint density at radius 1 is 0.345 bits per heavy atom. The zero-order valence-corrected chi connectivity index (χ0v) is 32.0. The van der Waals surface area contributed by atoms with E-state index in [0.29, 0.717) is 0 Å². The van der Waals surface area contributed by atoms with Crippen LogP contribution in [0.1, 0.15) is 0 Å². The molecule has 0 radical (unpaired) electrons. The van der Waals surface area contributed by atoms with Crippen molar-refractivity contribution in [1.82, 2.24) is 0 Å². The van der Waals surface area contributed by atoms with Gasteiger partial charge in [0.1, 0.15) is 16.7 Å². The molecule has 0 aliphatic carbocycles.